The molecule has 2 saturated heterocycles. The lowest BCUT2D eigenvalue weighted by Crippen LogP contribution is -2.43. The van der Waals surface area contributed by atoms with E-state index in [-0.39, 0.29) is 25.6 Å². The normalized spacial score (nSPS) is 28.6. The highest BCUT2D eigenvalue weighted by Gasteiger charge is 2.55. The number of nitrogen functional groups attached to an aromatic ring is 1. The van der Waals surface area contributed by atoms with Crippen LogP contribution in [0.5, 0.6) is 0 Å². The van der Waals surface area contributed by atoms with E-state index in [1.807, 2.05) is 0 Å². The lowest BCUT2D eigenvalue weighted by Gasteiger charge is -2.29. The Balaban J connectivity index is 1.42. The quantitative estimate of drug-likeness (QED) is 0.224. The third-order valence-electron chi connectivity index (χ3n) is 5.00. The number of anilines is 1. The van der Waals surface area contributed by atoms with Crippen molar-refractivity contribution in [2.45, 2.75) is 24.5 Å². The number of phosphoric acid groups is 1. The molecule has 34 heavy (non-hydrogen) atoms. The average Bonchev–Trinajstić information content (AvgIpc) is 3.37. The zero-order valence-corrected chi connectivity index (χ0v) is 18.9. The SMILES string of the molecule is NCCOCCOCCNC(=O)OC1C2OP(=O)(O)OCC2OC1n1cnc2c(N)ncnc21. The number of phosphoric ester groups is 1. The van der Waals surface area contributed by atoms with E-state index in [4.69, 9.17) is 39.5 Å². The topological polar surface area (TPSA) is 217 Å². The number of carbonyl (C=O) groups is 1. The molecule has 2 aromatic heterocycles. The maximum atomic E-state index is 12.5. The number of nitrogens with zero attached hydrogens (tertiary/aromatic N) is 4. The number of hydrogen-bond donors (Lipinski definition) is 4. The van der Waals surface area contributed by atoms with Gasteiger partial charge in [-0.3, -0.25) is 13.6 Å². The molecule has 0 radical (unpaired) electrons. The average molecular weight is 503 g/mol. The summed E-state index contributed by atoms with van der Waals surface area (Å²) in [6.45, 7) is 1.74. The molecule has 5 unspecified atom stereocenters. The van der Waals surface area contributed by atoms with Crippen LogP contribution in [0.1, 0.15) is 6.23 Å². The smallest absolute Gasteiger partial charge is 0.438 e. The minimum atomic E-state index is -4.34. The summed E-state index contributed by atoms with van der Waals surface area (Å²) in [5, 5.41) is 2.55. The minimum Gasteiger partial charge on any atom is -0.438 e. The highest BCUT2D eigenvalue weighted by molar-refractivity contribution is 7.47. The number of amides is 1. The van der Waals surface area contributed by atoms with Gasteiger partial charge >= 0.3 is 13.9 Å². The second-order valence-electron chi connectivity index (χ2n) is 7.29. The summed E-state index contributed by atoms with van der Waals surface area (Å²) in [5.41, 5.74) is 11.8. The molecule has 5 atom stereocenters. The van der Waals surface area contributed by atoms with Gasteiger partial charge < -0.3 is 40.6 Å². The van der Waals surface area contributed by atoms with Crippen LogP contribution in [0, 0.1) is 0 Å². The number of hydrogen-bond acceptors (Lipinski definition) is 13. The Labute approximate surface area is 193 Å². The van der Waals surface area contributed by atoms with Crippen molar-refractivity contribution in [1.29, 1.82) is 0 Å². The summed E-state index contributed by atoms with van der Waals surface area (Å²) in [7, 11) is -4.34. The molecular weight excluding hydrogens is 477 g/mol. The van der Waals surface area contributed by atoms with Gasteiger partial charge in [0.05, 0.1) is 39.4 Å². The fourth-order valence-corrected chi connectivity index (χ4v) is 4.48. The summed E-state index contributed by atoms with van der Waals surface area (Å²) in [5.74, 6) is 0.155. The van der Waals surface area contributed by atoms with Gasteiger partial charge in [-0.2, -0.15) is 0 Å². The van der Waals surface area contributed by atoms with Crippen molar-refractivity contribution >= 4 is 30.9 Å². The van der Waals surface area contributed by atoms with Crippen LogP contribution < -0.4 is 16.8 Å². The Morgan fingerprint density at radius 3 is 2.85 bits per heavy atom. The molecule has 0 bridgehead atoms. The van der Waals surface area contributed by atoms with E-state index in [1.165, 1.54) is 17.2 Å². The highest BCUT2D eigenvalue weighted by atomic mass is 31.2. The van der Waals surface area contributed by atoms with Gasteiger partial charge in [-0.15, -0.1) is 0 Å². The maximum Gasteiger partial charge on any atom is 0.472 e. The first-order chi connectivity index (χ1) is 16.4. The molecule has 2 fully saturated rings. The van der Waals surface area contributed by atoms with Crippen molar-refractivity contribution in [3.05, 3.63) is 12.7 Å². The molecular formula is C17H26N7O9P. The molecule has 0 saturated carbocycles. The van der Waals surface area contributed by atoms with Crippen LogP contribution in [0.3, 0.4) is 0 Å². The number of rotatable bonds is 10. The summed E-state index contributed by atoms with van der Waals surface area (Å²) in [6, 6.07) is 0. The van der Waals surface area contributed by atoms with Gasteiger partial charge in [-0.1, -0.05) is 0 Å². The third-order valence-corrected chi connectivity index (χ3v) is 5.98. The van der Waals surface area contributed by atoms with Gasteiger partial charge in [0.2, 0.25) is 0 Å². The van der Waals surface area contributed by atoms with Crippen molar-refractivity contribution in [2.75, 3.05) is 51.9 Å². The van der Waals surface area contributed by atoms with Crippen LogP contribution in [0.2, 0.25) is 0 Å². The Bertz CT molecular complexity index is 1040. The Morgan fingerprint density at radius 2 is 2.06 bits per heavy atom. The monoisotopic (exact) mass is 503 g/mol. The highest BCUT2D eigenvalue weighted by Crippen LogP contribution is 2.53. The van der Waals surface area contributed by atoms with Crippen LogP contribution in [0.15, 0.2) is 12.7 Å². The van der Waals surface area contributed by atoms with E-state index in [1.54, 1.807) is 0 Å². The molecule has 4 rings (SSSR count). The fraction of sp³-hybridized carbons (Fsp3) is 0.647. The first kappa shape index (κ1) is 24.7. The van der Waals surface area contributed by atoms with E-state index in [9.17, 15) is 14.3 Å². The second-order valence-corrected chi connectivity index (χ2v) is 8.70. The van der Waals surface area contributed by atoms with Crippen LogP contribution in [-0.4, -0.2) is 94.9 Å². The van der Waals surface area contributed by atoms with Crippen LogP contribution in [0.4, 0.5) is 10.6 Å². The van der Waals surface area contributed by atoms with Crippen molar-refractivity contribution in [3.63, 3.8) is 0 Å². The molecule has 6 N–H and O–H groups in total. The van der Waals surface area contributed by atoms with E-state index < -0.39 is 38.5 Å². The van der Waals surface area contributed by atoms with Crippen molar-refractivity contribution in [2.24, 2.45) is 5.73 Å². The fourth-order valence-electron chi connectivity index (χ4n) is 3.52. The number of nitrogens with one attached hydrogen (secondary N) is 1. The number of fused-ring (bicyclic) bond motifs is 2. The number of alkyl carbamates (subject to hydrolysis) is 1. The molecule has 17 heteroatoms. The van der Waals surface area contributed by atoms with Gasteiger partial charge in [0.15, 0.2) is 23.8 Å². The Hall–Kier alpha value is -2.43. The molecule has 4 heterocycles. The Morgan fingerprint density at radius 1 is 1.26 bits per heavy atom. The van der Waals surface area contributed by atoms with Gasteiger partial charge in [0.25, 0.3) is 0 Å². The van der Waals surface area contributed by atoms with Crippen molar-refractivity contribution in [1.82, 2.24) is 24.8 Å². The number of nitrogens with two attached hydrogens (primary N) is 2. The number of ether oxygens (including phenoxy) is 4. The zero-order valence-electron chi connectivity index (χ0n) is 18.0. The maximum absolute atomic E-state index is 12.5. The summed E-state index contributed by atoms with van der Waals surface area (Å²) in [4.78, 5) is 34.5. The molecule has 2 aliphatic heterocycles. The number of carbonyl (C=O) groups excluding carboxylic acids is 1. The van der Waals surface area contributed by atoms with Gasteiger partial charge in [-0.05, 0) is 0 Å². The van der Waals surface area contributed by atoms with Gasteiger partial charge in [0.1, 0.15) is 24.1 Å². The molecule has 0 aromatic carbocycles. The van der Waals surface area contributed by atoms with E-state index in [0.29, 0.717) is 37.5 Å². The Kier molecular flexibility index (Phi) is 7.90. The molecule has 2 aromatic rings. The van der Waals surface area contributed by atoms with Gasteiger partial charge in [0, 0.05) is 13.1 Å². The van der Waals surface area contributed by atoms with Crippen molar-refractivity contribution < 1.29 is 42.2 Å². The molecule has 188 valence electrons. The zero-order chi connectivity index (χ0) is 24.1. The predicted octanol–water partition coefficient (Wildman–Crippen LogP) is -1.09. The largest absolute Gasteiger partial charge is 0.472 e. The van der Waals surface area contributed by atoms with Crippen LogP contribution in [0.25, 0.3) is 11.2 Å². The lowest BCUT2D eigenvalue weighted by atomic mass is 10.1. The van der Waals surface area contributed by atoms with Crippen LogP contribution in [-0.2, 0) is 32.6 Å². The van der Waals surface area contributed by atoms with Crippen molar-refractivity contribution in [3.8, 4) is 0 Å². The van der Waals surface area contributed by atoms with Crippen LogP contribution >= 0.6 is 7.82 Å². The number of imidazole rings is 1. The predicted molar refractivity (Wildman–Crippen MR) is 113 cm³/mol. The van der Waals surface area contributed by atoms with E-state index in [0.717, 1.165) is 0 Å². The molecule has 0 aliphatic carbocycles. The van der Waals surface area contributed by atoms with E-state index in [2.05, 4.69) is 20.3 Å². The molecule has 0 spiro atoms. The first-order valence-corrected chi connectivity index (χ1v) is 11.9. The summed E-state index contributed by atoms with van der Waals surface area (Å²) >= 11 is 0. The summed E-state index contributed by atoms with van der Waals surface area (Å²) in [6.07, 6.45) is -2.14. The summed E-state index contributed by atoms with van der Waals surface area (Å²) < 4.78 is 45.5. The minimum absolute atomic E-state index is 0.155. The molecule has 16 nitrogen and oxygen atoms in total. The molecule has 2 aliphatic rings. The second kappa shape index (κ2) is 10.9. The first-order valence-electron chi connectivity index (χ1n) is 10.4. The lowest BCUT2D eigenvalue weighted by molar-refractivity contribution is -0.0665. The standard InChI is InChI=1S/C17H26N7O9P/c18-1-3-28-5-6-29-4-2-20-17(25)32-13-12-10(7-30-34(26,27)33-12)31-16(13)24-9-23-11-14(19)21-8-22-15(11)24/h8-10,12-13,16H,1-7,18H2,(H,20,25)(H,26,27)(H2,19,21,22). The molecule has 1 amide bonds. The third kappa shape index (κ3) is 5.61. The number of aromatic nitrogens is 4. The van der Waals surface area contributed by atoms with Gasteiger partial charge in [-0.25, -0.2) is 24.3 Å². The van der Waals surface area contributed by atoms with E-state index >= 15 is 0 Å².